The molecule has 3 rings (SSSR count). The lowest BCUT2D eigenvalue weighted by Gasteiger charge is -2.12. The molecule has 0 aromatic carbocycles. The summed E-state index contributed by atoms with van der Waals surface area (Å²) in [6, 6.07) is 6.78. The molecule has 27 heavy (non-hydrogen) atoms. The van der Waals surface area contributed by atoms with Crippen molar-refractivity contribution in [2.45, 2.75) is 6.54 Å². The SMILES string of the molecule is COCCNC(=O)c1cc2c(=O)n3ccccc3nc2[n+](CCOC)c1N. The summed E-state index contributed by atoms with van der Waals surface area (Å²) in [6.45, 7) is 1.42. The van der Waals surface area contributed by atoms with Crippen molar-refractivity contribution in [2.75, 3.05) is 39.7 Å². The van der Waals surface area contributed by atoms with Gasteiger partial charge >= 0.3 is 0 Å². The summed E-state index contributed by atoms with van der Waals surface area (Å²) in [5, 5.41) is 3.03. The highest BCUT2D eigenvalue weighted by atomic mass is 16.5. The fourth-order valence-corrected chi connectivity index (χ4v) is 2.85. The molecule has 0 atom stereocenters. The number of amides is 1. The summed E-state index contributed by atoms with van der Waals surface area (Å²) < 4.78 is 13.2. The summed E-state index contributed by atoms with van der Waals surface area (Å²) in [5.41, 5.74) is 7.11. The molecule has 0 fully saturated rings. The van der Waals surface area contributed by atoms with Gasteiger partial charge in [-0.1, -0.05) is 11.1 Å². The van der Waals surface area contributed by atoms with Gasteiger partial charge in [0.2, 0.25) is 11.5 Å². The van der Waals surface area contributed by atoms with Crippen molar-refractivity contribution < 1.29 is 18.8 Å². The van der Waals surface area contributed by atoms with Crippen molar-refractivity contribution in [2.24, 2.45) is 0 Å². The van der Waals surface area contributed by atoms with E-state index in [-0.39, 0.29) is 22.8 Å². The van der Waals surface area contributed by atoms with E-state index in [2.05, 4.69) is 10.3 Å². The third kappa shape index (κ3) is 3.60. The van der Waals surface area contributed by atoms with Crippen molar-refractivity contribution in [3.63, 3.8) is 0 Å². The first-order valence-corrected chi connectivity index (χ1v) is 8.48. The van der Waals surface area contributed by atoms with Crippen LogP contribution in [-0.2, 0) is 16.0 Å². The number of aromatic nitrogens is 3. The highest BCUT2D eigenvalue weighted by Crippen LogP contribution is 2.14. The molecule has 0 aliphatic heterocycles. The average molecular weight is 372 g/mol. The van der Waals surface area contributed by atoms with Gasteiger partial charge in [-0.05, 0) is 18.2 Å². The van der Waals surface area contributed by atoms with Crippen molar-refractivity contribution in [1.29, 1.82) is 0 Å². The van der Waals surface area contributed by atoms with Crippen molar-refractivity contribution in [3.05, 3.63) is 46.4 Å². The number of carbonyl (C=O) groups is 1. The van der Waals surface area contributed by atoms with E-state index in [1.807, 2.05) is 0 Å². The minimum absolute atomic E-state index is 0.212. The van der Waals surface area contributed by atoms with Crippen LogP contribution in [0.25, 0.3) is 16.7 Å². The summed E-state index contributed by atoms with van der Waals surface area (Å²) in [6.07, 6.45) is 1.64. The molecular formula is C18H22N5O4+. The van der Waals surface area contributed by atoms with E-state index in [1.54, 1.807) is 43.2 Å². The van der Waals surface area contributed by atoms with Gasteiger partial charge in [-0.2, -0.15) is 0 Å². The predicted octanol–water partition coefficient (Wildman–Crippen LogP) is -0.260. The number of fused-ring (bicyclic) bond motifs is 2. The Morgan fingerprint density at radius 2 is 2.07 bits per heavy atom. The Hall–Kier alpha value is -3.04. The first-order valence-electron chi connectivity index (χ1n) is 8.48. The smallest absolute Gasteiger partial charge is 0.278 e. The normalized spacial score (nSPS) is 11.2. The molecule has 0 radical (unpaired) electrons. The maximum absolute atomic E-state index is 12.9. The molecule has 9 nitrogen and oxygen atoms in total. The summed E-state index contributed by atoms with van der Waals surface area (Å²) >= 11 is 0. The number of rotatable bonds is 7. The summed E-state index contributed by atoms with van der Waals surface area (Å²) in [5.74, 6) is -0.156. The predicted molar refractivity (Wildman–Crippen MR) is 99.7 cm³/mol. The standard InChI is InChI=1S/C18H21N5O4/c1-26-9-6-20-17(24)12-11-13-16(23(15(12)19)8-10-27-2)21-14-5-3-4-7-22(14)18(13)25/h3-5,7,11,19H,6,8-10H2,1-2H3,(H,20,24)/p+1. The maximum Gasteiger partial charge on any atom is 0.278 e. The van der Waals surface area contributed by atoms with E-state index >= 15 is 0 Å². The number of anilines is 1. The van der Waals surface area contributed by atoms with Gasteiger partial charge in [-0.25, -0.2) is 4.57 Å². The minimum atomic E-state index is -0.379. The maximum atomic E-state index is 12.9. The molecule has 1 amide bonds. The van der Waals surface area contributed by atoms with Gasteiger partial charge in [-0.15, -0.1) is 0 Å². The van der Waals surface area contributed by atoms with Crippen LogP contribution in [0, 0.1) is 0 Å². The molecule has 0 unspecified atom stereocenters. The molecular weight excluding hydrogens is 350 g/mol. The molecule has 3 heterocycles. The second kappa shape index (κ2) is 8.11. The van der Waals surface area contributed by atoms with E-state index < -0.39 is 0 Å². The monoisotopic (exact) mass is 372 g/mol. The molecule has 0 saturated carbocycles. The van der Waals surface area contributed by atoms with Crippen LogP contribution in [0.2, 0.25) is 0 Å². The van der Waals surface area contributed by atoms with Crippen molar-refractivity contribution in [1.82, 2.24) is 14.7 Å². The van der Waals surface area contributed by atoms with Crippen LogP contribution in [-0.4, -0.2) is 49.3 Å². The Balaban J connectivity index is 2.23. The van der Waals surface area contributed by atoms with E-state index in [0.717, 1.165) is 0 Å². The van der Waals surface area contributed by atoms with Crippen LogP contribution >= 0.6 is 0 Å². The second-order valence-electron chi connectivity index (χ2n) is 5.92. The third-order valence-corrected chi connectivity index (χ3v) is 4.22. The zero-order valence-corrected chi connectivity index (χ0v) is 15.3. The van der Waals surface area contributed by atoms with Gasteiger partial charge < -0.3 is 20.5 Å². The van der Waals surface area contributed by atoms with Gasteiger partial charge in [0.15, 0.2) is 0 Å². The molecule has 3 aromatic heterocycles. The minimum Gasteiger partial charge on any atom is -0.383 e. The van der Waals surface area contributed by atoms with Crippen LogP contribution in [0.15, 0.2) is 35.3 Å². The number of nitrogens with zero attached hydrogens (tertiary/aromatic N) is 3. The number of pyridine rings is 2. The van der Waals surface area contributed by atoms with Crippen LogP contribution in [0.5, 0.6) is 0 Å². The molecule has 0 aliphatic carbocycles. The van der Waals surface area contributed by atoms with E-state index in [0.29, 0.717) is 43.0 Å². The number of nitrogens with one attached hydrogen (secondary N) is 1. The fraction of sp³-hybridized carbons (Fsp3) is 0.333. The topological polar surface area (TPSA) is 112 Å². The first-order chi connectivity index (χ1) is 13.1. The molecule has 142 valence electrons. The number of nitrogens with two attached hydrogens (primary N) is 1. The number of hydrogen-bond donors (Lipinski definition) is 2. The molecule has 9 heteroatoms. The van der Waals surface area contributed by atoms with Gasteiger partial charge in [0.1, 0.15) is 10.9 Å². The number of hydrogen-bond acceptors (Lipinski definition) is 6. The van der Waals surface area contributed by atoms with Gasteiger partial charge in [0.05, 0.1) is 19.8 Å². The largest absolute Gasteiger partial charge is 0.383 e. The molecule has 0 saturated heterocycles. The van der Waals surface area contributed by atoms with Gasteiger partial charge in [0.25, 0.3) is 17.1 Å². The lowest BCUT2D eigenvalue weighted by molar-refractivity contribution is -0.660. The fourth-order valence-electron chi connectivity index (χ4n) is 2.85. The Labute approximate surface area is 155 Å². The number of carbonyl (C=O) groups excluding carboxylic acids is 1. The van der Waals surface area contributed by atoms with Gasteiger partial charge in [0, 0.05) is 27.0 Å². The second-order valence-corrected chi connectivity index (χ2v) is 5.92. The Morgan fingerprint density at radius 1 is 1.30 bits per heavy atom. The highest BCUT2D eigenvalue weighted by molar-refractivity contribution is 6.00. The van der Waals surface area contributed by atoms with E-state index in [9.17, 15) is 9.59 Å². The average Bonchev–Trinajstić information content (AvgIpc) is 2.67. The molecule has 0 bridgehead atoms. The molecule has 0 aliphatic rings. The lowest BCUT2D eigenvalue weighted by Crippen LogP contribution is -2.44. The van der Waals surface area contributed by atoms with Gasteiger partial charge in [-0.3, -0.25) is 14.0 Å². The van der Waals surface area contributed by atoms with Crippen molar-refractivity contribution >= 4 is 28.4 Å². The Kier molecular flexibility index (Phi) is 5.63. The van der Waals surface area contributed by atoms with Crippen LogP contribution in [0.4, 0.5) is 5.82 Å². The number of nitrogen functional groups attached to an aromatic ring is 1. The van der Waals surface area contributed by atoms with Crippen LogP contribution in [0.3, 0.4) is 0 Å². The molecule has 0 spiro atoms. The van der Waals surface area contributed by atoms with E-state index in [4.69, 9.17) is 15.2 Å². The lowest BCUT2D eigenvalue weighted by atomic mass is 10.1. The zero-order valence-electron chi connectivity index (χ0n) is 15.3. The van der Waals surface area contributed by atoms with Crippen LogP contribution < -0.4 is 21.2 Å². The number of methoxy groups -OCH3 is 2. The quantitative estimate of drug-likeness (QED) is 0.336. The molecule has 3 N–H and O–H groups in total. The first kappa shape index (κ1) is 18.7. The summed E-state index contributed by atoms with van der Waals surface area (Å²) in [4.78, 5) is 30.1. The van der Waals surface area contributed by atoms with Crippen LogP contribution in [0.1, 0.15) is 10.4 Å². The Bertz CT molecular complexity index is 1050. The third-order valence-electron chi connectivity index (χ3n) is 4.22. The van der Waals surface area contributed by atoms with E-state index in [1.165, 1.54) is 10.5 Å². The molecule has 3 aromatic rings. The summed E-state index contributed by atoms with van der Waals surface area (Å²) in [7, 11) is 3.12. The number of ether oxygens (including phenoxy) is 2. The Morgan fingerprint density at radius 3 is 2.81 bits per heavy atom. The highest BCUT2D eigenvalue weighted by Gasteiger charge is 2.24. The zero-order chi connectivity index (χ0) is 19.4. The van der Waals surface area contributed by atoms with Crippen molar-refractivity contribution in [3.8, 4) is 0 Å².